The van der Waals surface area contributed by atoms with E-state index in [0.29, 0.717) is 10.0 Å². The van der Waals surface area contributed by atoms with E-state index in [2.05, 4.69) is 10.6 Å². The first kappa shape index (κ1) is 17.6. The van der Waals surface area contributed by atoms with Gasteiger partial charge in [0.05, 0.1) is 22.1 Å². The second-order valence-corrected chi connectivity index (χ2v) is 5.72. The number of hydrogen-bond donors (Lipinski definition) is 2. The first-order chi connectivity index (χ1) is 9.08. The lowest BCUT2D eigenvalue weighted by Gasteiger charge is -2.24. The lowest BCUT2D eigenvalue weighted by Crippen LogP contribution is -2.47. The molecule has 6 heteroatoms. The molecule has 1 aromatic rings. The maximum atomic E-state index is 12.1. The van der Waals surface area contributed by atoms with Crippen LogP contribution in [0.2, 0.25) is 10.0 Å². The number of rotatable bonds is 3. The van der Waals surface area contributed by atoms with Crippen LogP contribution in [0, 0.1) is 0 Å². The van der Waals surface area contributed by atoms with Crippen LogP contribution in [0.1, 0.15) is 37.8 Å². The van der Waals surface area contributed by atoms with E-state index in [1.807, 2.05) is 13.0 Å². The Morgan fingerprint density at radius 2 is 2.10 bits per heavy atom. The Hall–Kier alpha value is -0.480. The van der Waals surface area contributed by atoms with Crippen LogP contribution < -0.4 is 10.6 Å². The molecule has 0 aliphatic carbocycles. The van der Waals surface area contributed by atoms with E-state index >= 15 is 0 Å². The first-order valence-electron chi connectivity index (χ1n) is 6.56. The van der Waals surface area contributed by atoms with E-state index in [4.69, 9.17) is 23.2 Å². The number of piperidine rings is 1. The minimum absolute atomic E-state index is 0. The molecule has 0 radical (unpaired) electrons. The number of halogens is 3. The molecule has 1 aromatic carbocycles. The number of benzene rings is 1. The fourth-order valence-electron chi connectivity index (χ4n) is 2.25. The van der Waals surface area contributed by atoms with Crippen LogP contribution in [0.5, 0.6) is 0 Å². The summed E-state index contributed by atoms with van der Waals surface area (Å²) in [4.78, 5) is 12.1. The molecule has 20 heavy (non-hydrogen) atoms. The minimum Gasteiger partial charge on any atom is -0.348 e. The first-order valence-corrected chi connectivity index (χ1v) is 7.32. The molecule has 1 amide bonds. The average Bonchev–Trinajstić information content (AvgIpc) is 2.42. The van der Waals surface area contributed by atoms with Gasteiger partial charge in [-0.1, -0.05) is 35.7 Å². The molecule has 1 fully saturated rings. The molecule has 0 saturated carbocycles. The van der Waals surface area contributed by atoms with Crippen molar-refractivity contribution in [3.63, 3.8) is 0 Å². The van der Waals surface area contributed by atoms with Gasteiger partial charge in [-0.15, -0.1) is 12.4 Å². The van der Waals surface area contributed by atoms with Crippen LogP contribution in [0.3, 0.4) is 0 Å². The minimum atomic E-state index is -0.0778. The zero-order valence-corrected chi connectivity index (χ0v) is 13.6. The van der Waals surface area contributed by atoms with Crippen LogP contribution in [0.25, 0.3) is 0 Å². The van der Waals surface area contributed by atoms with E-state index in [1.54, 1.807) is 12.1 Å². The van der Waals surface area contributed by atoms with Gasteiger partial charge in [-0.3, -0.25) is 4.79 Å². The van der Waals surface area contributed by atoms with Gasteiger partial charge in [0.15, 0.2) is 0 Å². The summed E-state index contributed by atoms with van der Waals surface area (Å²) in [7, 11) is 0. The Bertz CT molecular complexity index is 462. The highest BCUT2D eigenvalue weighted by Crippen LogP contribution is 2.25. The largest absolute Gasteiger partial charge is 0.348 e. The molecule has 1 saturated heterocycles. The third kappa shape index (κ3) is 4.52. The number of carbonyl (C=O) groups excluding carboxylic acids is 1. The molecule has 0 bridgehead atoms. The maximum Gasteiger partial charge on any atom is 0.237 e. The predicted octanol–water partition coefficient (Wildman–Crippen LogP) is 3.73. The van der Waals surface area contributed by atoms with Crippen LogP contribution >= 0.6 is 35.6 Å². The van der Waals surface area contributed by atoms with Crippen molar-refractivity contribution in [1.29, 1.82) is 0 Å². The summed E-state index contributed by atoms with van der Waals surface area (Å²) in [6.45, 7) is 2.86. The number of carbonyl (C=O) groups is 1. The van der Waals surface area contributed by atoms with E-state index in [1.165, 1.54) is 0 Å². The van der Waals surface area contributed by atoms with Gasteiger partial charge in [0.2, 0.25) is 5.91 Å². The summed E-state index contributed by atoms with van der Waals surface area (Å²) in [6.07, 6.45) is 3.15. The van der Waals surface area contributed by atoms with Crippen LogP contribution in [0.15, 0.2) is 18.2 Å². The summed E-state index contributed by atoms with van der Waals surface area (Å²) < 4.78 is 0. The topological polar surface area (TPSA) is 41.1 Å². The summed E-state index contributed by atoms with van der Waals surface area (Å²) in [6, 6.07) is 5.28. The van der Waals surface area contributed by atoms with Crippen molar-refractivity contribution in [2.45, 2.75) is 38.3 Å². The Balaban J connectivity index is 0.00000200. The zero-order valence-electron chi connectivity index (χ0n) is 11.3. The molecule has 2 atom stereocenters. The Morgan fingerprint density at radius 1 is 1.35 bits per heavy atom. The van der Waals surface area contributed by atoms with E-state index in [0.717, 1.165) is 31.4 Å². The summed E-state index contributed by atoms with van der Waals surface area (Å²) in [5, 5.41) is 7.28. The van der Waals surface area contributed by atoms with Gasteiger partial charge in [-0.25, -0.2) is 0 Å². The monoisotopic (exact) mass is 336 g/mol. The lowest BCUT2D eigenvalue weighted by atomic mass is 10.0. The number of amides is 1. The lowest BCUT2D eigenvalue weighted by molar-refractivity contribution is -0.124. The number of nitrogens with one attached hydrogen (secondary N) is 2. The van der Waals surface area contributed by atoms with E-state index in [-0.39, 0.29) is 30.4 Å². The second-order valence-electron chi connectivity index (χ2n) is 4.91. The Labute approximate surface area is 135 Å². The highest BCUT2D eigenvalue weighted by atomic mass is 35.5. The fraction of sp³-hybridized carbons (Fsp3) is 0.500. The van der Waals surface area contributed by atoms with Crippen molar-refractivity contribution in [3.05, 3.63) is 33.8 Å². The van der Waals surface area contributed by atoms with Gasteiger partial charge in [0.1, 0.15) is 0 Å². The molecule has 1 heterocycles. The van der Waals surface area contributed by atoms with Crippen molar-refractivity contribution in [3.8, 4) is 0 Å². The van der Waals surface area contributed by atoms with Gasteiger partial charge >= 0.3 is 0 Å². The average molecular weight is 338 g/mol. The summed E-state index contributed by atoms with van der Waals surface area (Å²) in [5.74, 6) is 0.0540. The van der Waals surface area contributed by atoms with Crippen molar-refractivity contribution < 1.29 is 4.79 Å². The molecule has 2 N–H and O–H groups in total. The molecular weight excluding hydrogens is 319 g/mol. The third-order valence-corrected chi connectivity index (χ3v) is 4.17. The summed E-state index contributed by atoms with van der Waals surface area (Å²) >= 11 is 11.9. The molecule has 0 spiro atoms. The maximum absolute atomic E-state index is 12.1. The second kappa shape index (κ2) is 8.08. The van der Waals surface area contributed by atoms with E-state index < -0.39 is 0 Å². The van der Waals surface area contributed by atoms with Gasteiger partial charge in [0, 0.05) is 0 Å². The van der Waals surface area contributed by atoms with Crippen molar-refractivity contribution >= 4 is 41.5 Å². The van der Waals surface area contributed by atoms with Crippen LogP contribution in [-0.4, -0.2) is 18.5 Å². The Kier molecular flexibility index (Phi) is 7.10. The molecule has 1 aliphatic rings. The predicted molar refractivity (Wildman–Crippen MR) is 85.9 cm³/mol. The molecule has 3 nitrogen and oxygen atoms in total. The SMILES string of the molecule is CC(NC(=O)[C@H]1CCCCN1)c1ccc(Cl)c(Cl)c1.Cl. The summed E-state index contributed by atoms with van der Waals surface area (Å²) in [5.41, 5.74) is 0.957. The Morgan fingerprint density at radius 3 is 2.70 bits per heavy atom. The quantitative estimate of drug-likeness (QED) is 0.882. The molecule has 2 rings (SSSR count). The van der Waals surface area contributed by atoms with E-state index in [9.17, 15) is 4.79 Å². The highest BCUT2D eigenvalue weighted by molar-refractivity contribution is 6.42. The standard InChI is InChI=1S/C14H18Cl2N2O.ClH/c1-9(10-5-6-11(15)12(16)8-10)18-14(19)13-4-2-3-7-17-13;/h5-6,8-9,13,17H,2-4,7H2,1H3,(H,18,19);1H/t9?,13-;/m1./s1. The van der Waals surface area contributed by atoms with Gasteiger partial charge in [-0.05, 0) is 44.0 Å². The zero-order chi connectivity index (χ0) is 13.8. The third-order valence-electron chi connectivity index (χ3n) is 3.43. The van der Waals surface area contributed by atoms with Gasteiger partial charge < -0.3 is 10.6 Å². The van der Waals surface area contributed by atoms with Gasteiger partial charge in [0.25, 0.3) is 0 Å². The molecule has 1 unspecified atom stereocenters. The molecule has 1 aliphatic heterocycles. The van der Waals surface area contributed by atoms with Crippen LogP contribution in [-0.2, 0) is 4.79 Å². The van der Waals surface area contributed by atoms with Crippen molar-refractivity contribution in [2.75, 3.05) is 6.54 Å². The fourth-order valence-corrected chi connectivity index (χ4v) is 2.56. The molecule has 112 valence electrons. The normalized spacial score (nSPS) is 19.9. The van der Waals surface area contributed by atoms with Crippen LogP contribution in [0.4, 0.5) is 0 Å². The molecular formula is C14H19Cl3N2O. The number of hydrogen-bond acceptors (Lipinski definition) is 2. The molecule has 0 aromatic heterocycles. The smallest absolute Gasteiger partial charge is 0.237 e. The van der Waals surface area contributed by atoms with Crippen molar-refractivity contribution in [1.82, 2.24) is 10.6 Å². The van der Waals surface area contributed by atoms with Crippen molar-refractivity contribution in [2.24, 2.45) is 0 Å². The highest BCUT2D eigenvalue weighted by Gasteiger charge is 2.22. The van der Waals surface area contributed by atoms with Gasteiger partial charge in [-0.2, -0.15) is 0 Å².